The topological polar surface area (TPSA) is 66.4 Å². The lowest BCUT2D eigenvalue weighted by Crippen LogP contribution is -2.39. The number of aliphatic carboxylic acids is 1. The minimum atomic E-state index is -0.996. The molecule has 0 fully saturated rings. The molecule has 1 aromatic heterocycles. The number of hydrogen-bond donors (Lipinski definition) is 2. The van der Waals surface area contributed by atoms with Crippen molar-refractivity contribution < 1.29 is 14.7 Å². The molecule has 0 spiro atoms. The van der Waals surface area contributed by atoms with E-state index in [9.17, 15) is 9.59 Å². The van der Waals surface area contributed by atoms with Crippen molar-refractivity contribution in [1.82, 2.24) is 5.32 Å². The van der Waals surface area contributed by atoms with Crippen LogP contribution in [-0.2, 0) is 11.2 Å². The maximum atomic E-state index is 11.8. The van der Waals surface area contributed by atoms with Crippen LogP contribution < -0.4 is 5.32 Å². The molecule has 0 unspecified atom stereocenters. The Kier molecular flexibility index (Phi) is 4.69. The van der Waals surface area contributed by atoms with Crippen molar-refractivity contribution in [3.63, 3.8) is 0 Å². The number of rotatable bonds is 5. The summed E-state index contributed by atoms with van der Waals surface area (Å²) in [5.74, 6) is -1.29. The molecule has 1 amide bonds. The molecule has 2 N–H and O–H groups in total. The van der Waals surface area contributed by atoms with Crippen LogP contribution >= 0.6 is 11.3 Å². The van der Waals surface area contributed by atoms with Gasteiger partial charge in [0.25, 0.3) is 5.91 Å². The highest BCUT2D eigenvalue weighted by Crippen LogP contribution is 2.22. The minimum absolute atomic E-state index is 0.299. The molecule has 0 aliphatic heterocycles. The van der Waals surface area contributed by atoms with Crippen molar-refractivity contribution in [2.45, 2.75) is 39.7 Å². The van der Waals surface area contributed by atoms with Gasteiger partial charge in [-0.05, 0) is 31.4 Å². The zero-order valence-electron chi connectivity index (χ0n) is 10.2. The first-order chi connectivity index (χ1) is 7.99. The van der Waals surface area contributed by atoms with Crippen molar-refractivity contribution in [1.29, 1.82) is 0 Å². The Morgan fingerprint density at radius 2 is 2.12 bits per heavy atom. The normalized spacial score (nSPS) is 12.2. The number of thiophene rings is 1. The smallest absolute Gasteiger partial charge is 0.326 e. The number of carbonyl (C=O) groups excluding carboxylic acids is 1. The van der Waals surface area contributed by atoms with Gasteiger partial charge in [0.2, 0.25) is 0 Å². The van der Waals surface area contributed by atoms with E-state index in [2.05, 4.69) is 5.32 Å². The largest absolute Gasteiger partial charge is 0.480 e. The van der Waals surface area contributed by atoms with Crippen LogP contribution in [0.2, 0.25) is 0 Å². The minimum Gasteiger partial charge on any atom is -0.480 e. The van der Waals surface area contributed by atoms with Crippen molar-refractivity contribution in [2.24, 2.45) is 0 Å². The van der Waals surface area contributed by atoms with Crippen LogP contribution in [0, 0.1) is 6.92 Å². The zero-order chi connectivity index (χ0) is 13.0. The molecule has 5 heteroatoms. The molecule has 0 saturated carbocycles. The summed E-state index contributed by atoms with van der Waals surface area (Å²) in [7, 11) is 0. The Balaban J connectivity index is 2.78. The van der Waals surface area contributed by atoms with E-state index in [4.69, 9.17) is 5.11 Å². The fraction of sp³-hybridized carbons (Fsp3) is 0.500. The SMILES string of the molecule is CCc1sc(C(=O)N[C@H](CC)C(=O)O)cc1C. The number of hydrogen-bond acceptors (Lipinski definition) is 3. The van der Waals surface area contributed by atoms with E-state index in [1.54, 1.807) is 6.92 Å². The highest BCUT2D eigenvalue weighted by atomic mass is 32.1. The van der Waals surface area contributed by atoms with Crippen LogP contribution in [0.25, 0.3) is 0 Å². The lowest BCUT2D eigenvalue weighted by molar-refractivity contribution is -0.139. The number of carboxylic acids is 1. The van der Waals surface area contributed by atoms with Gasteiger partial charge in [0.1, 0.15) is 6.04 Å². The van der Waals surface area contributed by atoms with Gasteiger partial charge in [-0.15, -0.1) is 11.3 Å². The van der Waals surface area contributed by atoms with Crippen LogP contribution in [0.5, 0.6) is 0 Å². The molecular weight excluding hydrogens is 238 g/mol. The second-order valence-corrected chi connectivity index (χ2v) is 4.98. The average Bonchev–Trinajstić information content (AvgIpc) is 2.66. The predicted molar refractivity (Wildman–Crippen MR) is 67.6 cm³/mol. The Hall–Kier alpha value is -1.36. The summed E-state index contributed by atoms with van der Waals surface area (Å²) in [4.78, 5) is 24.4. The predicted octanol–water partition coefficient (Wildman–Crippen LogP) is 2.21. The molecule has 0 saturated heterocycles. The molecule has 94 valence electrons. The average molecular weight is 255 g/mol. The number of carboxylic acid groups (broad SMARTS) is 1. The maximum absolute atomic E-state index is 11.8. The highest BCUT2D eigenvalue weighted by molar-refractivity contribution is 7.14. The molecule has 17 heavy (non-hydrogen) atoms. The quantitative estimate of drug-likeness (QED) is 0.847. The van der Waals surface area contributed by atoms with Crippen LogP contribution in [0.1, 0.15) is 40.4 Å². The van der Waals surface area contributed by atoms with Crippen molar-refractivity contribution >= 4 is 23.2 Å². The van der Waals surface area contributed by atoms with Crippen LogP contribution in [-0.4, -0.2) is 23.0 Å². The molecule has 1 heterocycles. The van der Waals surface area contributed by atoms with Gasteiger partial charge in [-0.2, -0.15) is 0 Å². The van der Waals surface area contributed by atoms with Crippen LogP contribution in [0.3, 0.4) is 0 Å². The molecule has 0 aromatic carbocycles. The van der Waals surface area contributed by atoms with Crippen molar-refractivity contribution in [3.8, 4) is 0 Å². The van der Waals surface area contributed by atoms with Gasteiger partial charge < -0.3 is 10.4 Å². The summed E-state index contributed by atoms with van der Waals surface area (Å²) in [6, 6.07) is 1.00. The molecule has 1 aromatic rings. The fourth-order valence-corrected chi connectivity index (χ4v) is 2.57. The molecule has 1 rings (SSSR count). The maximum Gasteiger partial charge on any atom is 0.326 e. The molecule has 4 nitrogen and oxygen atoms in total. The first-order valence-corrected chi connectivity index (χ1v) is 6.44. The number of amides is 1. The molecule has 1 atom stereocenters. The second kappa shape index (κ2) is 5.82. The van der Waals surface area contributed by atoms with E-state index < -0.39 is 12.0 Å². The third-order valence-corrected chi connectivity index (χ3v) is 3.96. The van der Waals surface area contributed by atoms with E-state index in [0.717, 1.165) is 12.0 Å². The van der Waals surface area contributed by atoms with E-state index in [-0.39, 0.29) is 5.91 Å². The Bertz CT molecular complexity index is 425. The second-order valence-electron chi connectivity index (χ2n) is 3.84. The van der Waals surface area contributed by atoms with Crippen LogP contribution in [0.15, 0.2) is 6.07 Å². The summed E-state index contributed by atoms with van der Waals surface area (Å²) in [5, 5.41) is 11.4. The van der Waals surface area contributed by atoms with Gasteiger partial charge in [0.15, 0.2) is 0 Å². The number of carbonyl (C=O) groups is 2. The van der Waals surface area contributed by atoms with Gasteiger partial charge in [-0.25, -0.2) is 4.79 Å². The lowest BCUT2D eigenvalue weighted by atomic mass is 10.2. The first-order valence-electron chi connectivity index (χ1n) is 5.62. The van der Waals surface area contributed by atoms with Gasteiger partial charge in [-0.1, -0.05) is 13.8 Å². The van der Waals surface area contributed by atoms with E-state index in [0.29, 0.717) is 11.3 Å². The molecule has 0 aliphatic carbocycles. The summed E-state index contributed by atoms with van der Waals surface area (Å²) in [6.07, 6.45) is 1.27. The summed E-state index contributed by atoms with van der Waals surface area (Å²) >= 11 is 1.43. The third-order valence-electron chi connectivity index (χ3n) is 2.58. The summed E-state index contributed by atoms with van der Waals surface area (Å²) in [6.45, 7) is 5.73. The molecular formula is C12H17NO3S. The van der Waals surface area contributed by atoms with Crippen LogP contribution in [0.4, 0.5) is 0 Å². The van der Waals surface area contributed by atoms with Gasteiger partial charge in [0.05, 0.1) is 4.88 Å². The highest BCUT2D eigenvalue weighted by Gasteiger charge is 2.20. The third kappa shape index (κ3) is 3.30. The van der Waals surface area contributed by atoms with E-state index >= 15 is 0 Å². The Morgan fingerprint density at radius 3 is 2.53 bits per heavy atom. The molecule has 0 aliphatic rings. The molecule has 0 bridgehead atoms. The number of nitrogens with one attached hydrogen (secondary N) is 1. The Morgan fingerprint density at radius 1 is 1.47 bits per heavy atom. The zero-order valence-corrected chi connectivity index (χ0v) is 11.1. The fourth-order valence-electron chi connectivity index (χ4n) is 1.55. The Labute approximate surface area is 105 Å². The summed E-state index contributed by atoms with van der Waals surface area (Å²) in [5.41, 5.74) is 1.09. The monoisotopic (exact) mass is 255 g/mol. The standard InChI is InChI=1S/C12H17NO3S/c1-4-8(12(15)16)13-11(14)10-6-7(3)9(5-2)17-10/h6,8H,4-5H2,1-3H3,(H,13,14)(H,15,16)/t8-/m1/s1. The summed E-state index contributed by atoms with van der Waals surface area (Å²) < 4.78 is 0. The van der Waals surface area contributed by atoms with Crippen molar-refractivity contribution in [2.75, 3.05) is 0 Å². The number of aryl methyl sites for hydroxylation is 2. The van der Waals surface area contributed by atoms with E-state index in [1.807, 2.05) is 19.9 Å². The van der Waals surface area contributed by atoms with Gasteiger partial charge >= 0.3 is 5.97 Å². The van der Waals surface area contributed by atoms with E-state index in [1.165, 1.54) is 16.2 Å². The first kappa shape index (κ1) is 13.7. The van der Waals surface area contributed by atoms with Gasteiger partial charge in [-0.3, -0.25) is 4.79 Å². The molecule has 0 radical (unpaired) electrons. The lowest BCUT2D eigenvalue weighted by Gasteiger charge is -2.10. The van der Waals surface area contributed by atoms with Crippen molar-refractivity contribution in [3.05, 3.63) is 21.4 Å². The van der Waals surface area contributed by atoms with Gasteiger partial charge in [0, 0.05) is 4.88 Å².